The Labute approximate surface area is 151 Å². The molecule has 1 aromatic carbocycles. The molecule has 3 atom stereocenters. The number of carbonyl (C=O) groups excluding carboxylic acids is 1. The molecule has 2 aliphatic carbocycles. The lowest BCUT2D eigenvalue weighted by Crippen LogP contribution is -2.52. The fourth-order valence-electron chi connectivity index (χ4n) is 4.70. The molecular weight excluding hydrogens is 312 g/mol. The second-order valence-corrected chi connectivity index (χ2v) is 8.12. The summed E-state index contributed by atoms with van der Waals surface area (Å²) in [4.78, 5) is 13.8. The molecule has 1 aromatic rings. The van der Waals surface area contributed by atoms with E-state index in [1.807, 2.05) is 6.07 Å². The van der Waals surface area contributed by atoms with Crippen LogP contribution in [0.2, 0.25) is 0 Å². The number of rotatable bonds is 3. The average Bonchev–Trinajstić information content (AvgIpc) is 2.59. The lowest BCUT2D eigenvalue weighted by molar-refractivity contribution is 0.162. The molecule has 138 valence electrons. The molecule has 1 amide bonds. The number of nitrogens with zero attached hydrogens (tertiary/aromatic N) is 1. The van der Waals surface area contributed by atoms with Crippen molar-refractivity contribution in [3.8, 4) is 5.75 Å². The van der Waals surface area contributed by atoms with Crippen LogP contribution in [0.3, 0.4) is 0 Å². The van der Waals surface area contributed by atoms with Crippen molar-refractivity contribution in [1.29, 1.82) is 0 Å². The van der Waals surface area contributed by atoms with Gasteiger partial charge in [-0.2, -0.15) is 0 Å². The predicted molar refractivity (Wildman–Crippen MR) is 101 cm³/mol. The topological polar surface area (TPSA) is 55.6 Å². The fourth-order valence-corrected chi connectivity index (χ4v) is 4.70. The van der Waals surface area contributed by atoms with E-state index in [2.05, 4.69) is 26.0 Å². The van der Waals surface area contributed by atoms with Gasteiger partial charge >= 0.3 is 6.09 Å². The molecule has 0 unspecified atom stereocenters. The monoisotopic (exact) mass is 344 g/mol. The van der Waals surface area contributed by atoms with Crippen LogP contribution in [0.15, 0.2) is 18.2 Å². The van der Waals surface area contributed by atoms with Crippen LogP contribution in [0.25, 0.3) is 0 Å². The van der Waals surface area contributed by atoms with Gasteiger partial charge in [-0.3, -0.25) is 0 Å². The average molecular weight is 344 g/mol. The molecule has 25 heavy (non-hydrogen) atoms. The maximum atomic E-state index is 12.2. The van der Waals surface area contributed by atoms with Crippen molar-refractivity contribution in [2.45, 2.75) is 70.3 Å². The van der Waals surface area contributed by atoms with Crippen molar-refractivity contribution in [2.24, 2.45) is 11.7 Å². The van der Waals surface area contributed by atoms with Gasteiger partial charge in [0, 0.05) is 25.0 Å². The summed E-state index contributed by atoms with van der Waals surface area (Å²) in [5.74, 6) is 1.21. The Morgan fingerprint density at radius 1 is 1.36 bits per heavy atom. The van der Waals surface area contributed by atoms with E-state index in [0.29, 0.717) is 18.2 Å². The Kier molecular flexibility index (Phi) is 5.38. The van der Waals surface area contributed by atoms with Crippen molar-refractivity contribution in [2.75, 3.05) is 13.6 Å². The van der Waals surface area contributed by atoms with Crippen LogP contribution >= 0.6 is 0 Å². The Morgan fingerprint density at radius 3 is 2.92 bits per heavy atom. The maximum absolute atomic E-state index is 12.2. The zero-order chi connectivity index (χ0) is 18.0. The van der Waals surface area contributed by atoms with Gasteiger partial charge in [-0.05, 0) is 54.9 Å². The molecule has 4 nitrogen and oxygen atoms in total. The quantitative estimate of drug-likeness (QED) is 0.892. The molecule has 0 saturated heterocycles. The molecule has 2 aliphatic rings. The molecule has 0 aromatic heterocycles. The van der Waals surface area contributed by atoms with E-state index in [1.54, 1.807) is 11.9 Å². The molecule has 3 rings (SSSR count). The van der Waals surface area contributed by atoms with Crippen molar-refractivity contribution >= 4 is 6.09 Å². The number of hydrogen-bond acceptors (Lipinski definition) is 3. The third-order valence-electron chi connectivity index (χ3n) is 6.27. The molecule has 1 fully saturated rings. The molecule has 2 bridgehead atoms. The highest BCUT2D eigenvalue weighted by molar-refractivity contribution is 5.70. The molecule has 4 heteroatoms. The van der Waals surface area contributed by atoms with Crippen LogP contribution in [0, 0.1) is 5.92 Å². The molecule has 0 radical (unpaired) electrons. The van der Waals surface area contributed by atoms with E-state index >= 15 is 0 Å². The van der Waals surface area contributed by atoms with E-state index in [-0.39, 0.29) is 17.6 Å². The van der Waals surface area contributed by atoms with E-state index in [9.17, 15) is 4.79 Å². The zero-order valence-electron chi connectivity index (χ0n) is 15.9. The summed E-state index contributed by atoms with van der Waals surface area (Å²) in [6, 6.07) is 6.35. The molecule has 2 N–H and O–H groups in total. The Bertz CT molecular complexity index is 630. The number of ether oxygens (including phenoxy) is 1. The van der Waals surface area contributed by atoms with Crippen molar-refractivity contribution in [1.82, 2.24) is 4.90 Å². The highest BCUT2D eigenvalue weighted by atomic mass is 16.6. The number of nitrogens with two attached hydrogens (primary N) is 1. The fraction of sp³-hybridized carbons (Fsp3) is 0.667. The van der Waals surface area contributed by atoms with Crippen molar-refractivity contribution in [3.05, 3.63) is 29.3 Å². The van der Waals surface area contributed by atoms with Crippen LogP contribution in [0.1, 0.15) is 63.5 Å². The minimum absolute atomic E-state index is 0.0175. The van der Waals surface area contributed by atoms with Crippen LogP contribution in [0.5, 0.6) is 5.75 Å². The first-order valence-electron chi connectivity index (χ1n) is 9.77. The summed E-state index contributed by atoms with van der Waals surface area (Å²) in [7, 11) is 1.78. The number of fused-ring (bicyclic) bond motifs is 4. The normalized spacial score (nSPS) is 28.5. The SMILES string of the molecule is CCCN(C)C(=O)Oc1ccc2c(c1)[C@@]1(C)CCCCC[C@@H](C2)[C@@H]1N. The Morgan fingerprint density at radius 2 is 2.16 bits per heavy atom. The minimum atomic E-state index is -0.289. The van der Waals surface area contributed by atoms with Crippen molar-refractivity contribution in [3.63, 3.8) is 0 Å². The molecule has 0 aliphatic heterocycles. The lowest BCUT2D eigenvalue weighted by Gasteiger charge is -2.47. The van der Waals surface area contributed by atoms with E-state index in [0.717, 1.165) is 19.3 Å². The van der Waals surface area contributed by atoms with Gasteiger partial charge in [0.1, 0.15) is 5.75 Å². The van der Waals surface area contributed by atoms with Crippen LogP contribution < -0.4 is 10.5 Å². The number of carbonyl (C=O) groups is 1. The summed E-state index contributed by atoms with van der Waals surface area (Å²) in [6.45, 7) is 5.06. The van der Waals surface area contributed by atoms with Gasteiger partial charge in [0.25, 0.3) is 0 Å². The number of hydrogen-bond donors (Lipinski definition) is 1. The van der Waals surface area contributed by atoms with Gasteiger partial charge < -0.3 is 15.4 Å². The molecule has 0 heterocycles. The smallest absolute Gasteiger partial charge is 0.410 e. The van der Waals surface area contributed by atoms with Gasteiger partial charge in [0.05, 0.1) is 0 Å². The lowest BCUT2D eigenvalue weighted by atomic mass is 9.60. The molecule has 1 saturated carbocycles. The van der Waals surface area contributed by atoms with Gasteiger partial charge in [-0.1, -0.05) is 39.2 Å². The van der Waals surface area contributed by atoms with Crippen LogP contribution in [0.4, 0.5) is 4.79 Å². The second-order valence-electron chi connectivity index (χ2n) is 8.12. The van der Waals surface area contributed by atoms with Gasteiger partial charge in [-0.15, -0.1) is 0 Å². The first kappa shape index (κ1) is 18.2. The van der Waals surface area contributed by atoms with Crippen LogP contribution in [-0.2, 0) is 11.8 Å². The van der Waals surface area contributed by atoms with E-state index < -0.39 is 0 Å². The molecule has 0 spiro atoms. The van der Waals surface area contributed by atoms with Gasteiger partial charge in [0.2, 0.25) is 0 Å². The van der Waals surface area contributed by atoms with E-state index in [1.165, 1.54) is 36.8 Å². The highest BCUT2D eigenvalue weighted by Crippen LogP contribution is 2.46. The number of amides is 1. The minimum Gasteiger partial charge on any atom is -0.410 e. The van der Waals surface area contributed by atoms with E-state index in [4.69, 9.17) is 10.5 Å². The summed E-state index contributed by atoms with van der Waals surface area (Å²) in [5.41, 5.74) is 9.39. The highest BCUT2D eigenvalue weighted by Gasteiger charge is 2.43. The third kappa shape index (κ3) is 3.55. The summed E-state index contributed by atoms with van der Waals surface area (Å²) in [6.07, 6.45) is 7.84. The standard InChI is InChI=1S/C21H32N2O2/c1-4-12-23(3)20(24)25-17-10-9-15-13-16-8-6-5-7-11-21(2,19(16)22)18(15)14-17/h9-10,14,16,19H,4-8,11-13,22H2,1-3H3/t16-,19-,21+/m0/s1. The zero-order valence-corrected chi connectivity index (χ0v) is 15.9. The summed E-state index contributed by atoms with van der Waals surface area (Å²) < 4.78 is 5.61. The summed E-state index contributed by atoms with van der Waals surface area (Å²) >= 11 is 0. The van der Waals surface area contributed by atoms with Gasteiger partial charge in [-0.25, -0.2) is 4.79 Å². The largest absolute Gasteiger partial charge is 0.414 e. The summed E-state index contributed by atoms with van der Waals surface area (Å²) in [5, 5.41) is 0. The first-order valence-corrected chi connectivity index (χ1v) is 9.77. The second kappa shape index (κ2) is 7.36. The third-order valence-corrected chi connectivity index (χ3v) is 6.27. The first-order chi connectivity index (χ1) is 12.0. The Hall–Kier alpha value is -1.55. The number of benzene rings is 1. The maximum Gasteiger partial charge on any atom is 0.414 e. The Balaban J connectivity index is 1.88. The van der Waals surface area contributed by atoms with Gasteiger partial charge in [0.15, 0.2) is 0 Å². The molecular formula is C21H32N2O2. The predicted octanol–water partition coefficient (Wildman–Crippen LogP) is 4.25. The van der Waals surface area contributed by atoms with Crippen LogP contribution in [-0.4, -0.2) is 30.6 Å². The van der Waals surface area contributed by atoms with Crippen molar-refractivity contribution < 1.29 is 9.53 Å².